The van der Waals surface area contributed by atoms with Gasteiger partial charge in [-0.3, -0.25) is 0 Å². The molecule has 1 rings (SSSR count). The summed E-state index contributed by atoms with van der Waals surface area (Å²) >= 11 is 6.64. The van der Waals surface area contributed by atoms with Crippen molar-refractivity contribution in [2.75, 3.05) is 20.6 Å². The van der Waals surface area contributed by atoms with Crippen LogP contribution in [0.2, 0.25) is 0 Å². The Morgan fingerprint density at radius 3 is 2.08 bits per heavy atom. The Bertz CT molecular complexity index is 148. The van der Waals surface area contributed by atoms with Gasteiger partial charge in [0.25, 0.3) is 0 Å². The van der Waals surface area contributed by atoms with E-state index in [1.807, 2.05) is 0 Å². The minimum absolute atomic E-state index is 0.0347. The fraction of sp³-hybridized carbons (Fsp3) is 1.00. The minimum atomic E-state index is 0.0347. The SMILES string of the molecule is CC[N+](C)(C)C1(Cl)CCCCC1. The van der Waals surface area contributed by atoms with Crippen LogP contribution >= 0.6 is 11.6 Å². The average Bonchev–Trinajstić information content (AvgIpc) is 2.06. The van der Waals surface area contributed by atoms with Crippen molar-refractivity contribution in [3.63, 3.8) is 0 Å². The van der Waals surface area contributed by atoms with Crippen LogP contribution in [0.1, 0.15) is 39.0 Å². The molecule has 0 saturated heterocycles. The van der Waals surface area contributed by atoms with Gasteiger partial charge in [-0.2, -0.15) is 0 Å². The fourth-order valence-electron chi connectivity index (χ4n) is 1.98. The predicted octanol–water partition coefficient (Wildman–Crippen LogP) is 2.98. The van der Waals surface area contributed by atoms with Crippen LogP contribution in [0.15, 0.2) is 0 Å². The molecule has 0 bridgehead atoms. The zero-order valence-corrected chi connectivity index (χ0v) is 9.32. The average molecular weight is 191 g/mol. The summed E-state index contributed by atoms with van der Waals surface area (Å²) in [4.78, 5) is 0.0347. The lowest BCUT2D eigenvalue weighted by Gasteiger charge is -2.46. The number of hydrogen-bond donors (Lipinski definition) is 0. The number of alkyl halides is 1. The van der Waals surface area contributed by atoms with Crippen molar-refractivity contribution < 1.29 is 4.48 Å². The van der Waals surface area contributed by atoms with Gasteiger partial charge in [-0.1, -0.05) is 18.0 Å². The molecule has 0 N–H and O–H groups in total. The van der Waals surface area contributed by atoms with Gasteiger partial charge < -0.3 is 4.48 Å². The van der Waals surface area contributed by atoms with Gasteiger partial charge in [-0.05, 0) is 19.8 Å². The van der Waals surface area contributed by atoms with Crippen LogP contribution in [0.4, 0.5) is 0 Å². The molecule has 0 atom stereocenters. The number of halogens is 1. The third kappa shape index (κ3) is 1.77. The van der Waals surface area contributed by atoms with Gasteiger partial charge in [0.2, 0.25) is 0 Å². The Balaban J connectivity index is 2.68. The summed E-state index contributed by atoms with van der Waals surface area (Å²) in [5, 5.41) is 0. The summed E-state index contributed by atoms with van der Waals surface area (Å²) in [6.07, 6.45) is 6.37. The molecule has 0 unspecified atom stereocenters. The van der Waals surface area contributed by atoms with E-state index in [0.717, 1.165) is 11.0 Å². The molecular formula is C10H21ClN+. The highest BCUT2D eigenvalue weighted by molar-refractivity contribution is 6.22. The van der Waals surface area contributed by atoms with Gasteiger partial charge in [0.1, 0.15) is 0 Å². The maximum absolute atomic E-state index is 6.64. The van der Waals surface area contributed by atoms with Crippen molar-refractivity contribution in [3.8, 4) is 0 Å². The van der Waals surface area contributed by atoms with Crippen LogP contribution in [-0.4, -0.2) is 30.1 Å². The highest BCUT2D eigenvalue weighted by Gasteiger charge is 2.43. The molecule has 1 aliphatic rings. The summed E-state index contributed by atoms with van der Waals surface area (Å²) < 4.78 is 0.967. The Labute approximate surface area is 81.3 Å². The summed E-state index contributed by atoms with van der Waals surface area (Å²) in [7, 11) is 4.50. The normalized spacial score (nSPS) is 24.0. The fourth-order valence-corrected chi connectivity index (χ4v) is 2.37. The second kappa shape index (κ2) is 3.55. The number of quaternary nitrogens is 1. The van der Waals surface area contributed by atoms with E-state index >= 15 is 0 Å². The smallest absolute Gasteiger partial charge is 0.174 e. The molecule has 0 heterocycles. The third-order valence-corrected chi connectivity index (χ3v) is 4.33. The maximum Gasteiger partial charge on any atom is 0.174 e. The van der Waals surface area contributed by atoms with Crippen molar-refractivity contribution in [2.45, 2.75) is 44.0 Å². The minimum Gasteiger partial charge on any atom is -0.311 e. The summed E-state index contributed by atoms with van der Waals surface area (Å²) in [5.41, 5.74) is 0. The van der Waals surface area contributed by atoms with Gasteiger partial charge in [0.15, 0.2) is 5.00 Å². The van der Waals surface area contributed by atoms with Gasteiger partial charge in [0.05, 0.1) is 20.6 Å². The molecule has 2 heteroatoms. The first-order chi connectivity index (χ1) is 5.52. The molecule has 0 aromatic heterocycles. The van der Waals surface area contributed by atoms with E-state index in [2.05, 4.69) is 21.0 Å². The Hall–Kier alpha value is 0.250. The molecule has 0 aromatic rings. The second-order valence-electron chi connectivity index (χ2n) is 4.48. The van der Waals surface area contributed by atoms with Gasteiger partial charge >= 0.3 is 0 Å². The van der Waals surface area contributed by atoms with Crippen LogP contribution in [0.3, 0.4) is 0 Å². The van der Waals surface area contributed by atoms with Crippen LogP contribution in [0.25, 0.3) is 0 Å². The van der Waals surface area contributed by atoms with Crippen LogP contribution in [-0.2, 0) is 0 Å². The zero-order valence-electron chi connectivity index (χ0n) is 8.57. The monoisotopic (exact) mass is 190 g/mol. The molecule has 0 aliphatic heterocycles. The summed E-state index contributed by atoms with van der Waals surface area (Å²) in [6, 6.07) is 0. The van der Waals surface area contributed by atoms with Crippen LogP contribution in [0.5, 0.6) is 0 Å². The Kier molecular flexibility index (Phi) is 3.06. The van der Waals surface area contributed by atoms with Gasteiger partial charge in [0, 0.05) is 12.8 Å². The largest absolute Gasteiger partial charge is 0.311 e. The highest BCUT2D eigenvalue weighted by atomic mass is 35.5. The maximum atomic E-state index is 6.64. The van der Waals surface area contributed by atoms with Crippen molar-refractivity contribution in [3.05, 3.63) is 0 Å². The van der Waals surface area contributed by atoms with Crippen molar-refractivity contribution in [2.24, 2.45) is 0 Å². The summed E-state index contributed by atoms with van der Waals surface area (Å²) in [5.74, 6) is 0. The van der Waals surface area contributed by atoms with E-state index in [1.165, 1.54) is 32.1 Å². The van der Waals surface area contributed by atoms with E-state index in [0.29, 0.717) is 0 Å². The third-order valence-electron chi connectivity index (χ3n) is 3.50. The predicted molar refractivity (Wildman–Crippen MR) is 54.3 cm³/mol. The Morgan fingerprint density at radius 1 is 1.17 bits per heavy atom. The van der Waals surface area contributed by atoms with E-state index in [9.17, 15) is 0 Å². The summed E-state index contributed by atoms with van der Waals surface area (Å²) in [6.45, 7) is 3.35. The van der Waals surface area contributed by atoms with Crippen LogP contribution < -0.4 is 0 Å². The first kappa shape index (κ1) is 10.3. The number of rotatable bonds is 2. The molecule has 12 heavy (non-hydrogen) atoms. The first-order valence-corrected chi connectivity index (χ1v) is 5.42. The molecule has 1 aliphatic carbocycles. The highest BCUT2D eigenvalue weighted by Crippen LogP contribution is 2.39. The van der Waals surface area contributed by atoms with E-state index in [1.54, 1.807) is 0 Å². The van der Waals surface area contributed by atoms with Crippen LogP contribution in [0, 0.1) is 0 Å². The lowest BCUT2D eigenvalue weighted by Crippen LogP contribution is -2.56. The lowest BCUT2D eigenvalue weighted by atomic mass is 9.92. The molecule has 0 amide bonds. The molecule has 1 saturated carbocycles. The van der Waals surface area contributed by atoms with Gasteiger partial charge in [-0.15, -0.1) is 0 Å². The lowest BCUT2D eigenvalue weighted by molar-refractivity contribution is -0.927. The molecular weight excluding hydrogens is 170 g/mol. The molecule has 72 valence electrons. The molecule has 0 radical (unpaired) electrons. The molecule has 0 spiro atoms. The van der Waals surface area contributed by atoms with Crippen molar-refractivity contribution in [1.82, 2.24) is 0 Å². The van der Waals surface area contributed by atoms with E-state index < -0.39 is 0 Å². The standard InChI is InChI=1S/C10H21ClN/c1-4-12(2,3)10(11)8-6-5-7-9-10/h4-9H2,1-3H3/q+1. The van der Waals surface area contributed by atoms with Gasteiger partial charge in [-0.25, -0.2) is 0 Å². The van der Waals surface area contributed by atoms with Crippen molar-refractivity contribution in [1.29, 1.82) is 0 Å². The number of hydrogen-bond acceptors (Lipinski definition) is 0. The second-order valence-corrected chi connectivity index (χ2v) is 5.18. The first-order valence-electron chi connectivity index (χ1n) is 5.04. The topological polar surface area (TPSA) is 0 Å². The van der Waals surface area contributed by atoms with E-state index in [4.69, 9.17) is 11.6 Å². The van der Waals surface area contributed by atoms with E-state index in [-0.39, 0.29) is 5.00 Å². The zero-order chi connectivity index (χ0) is 9.24. The molecule has 0 aromatic carbocycles. The Morgan fingerprint density at radius 2 is 1.67 bits per heavy atom. The molecule has 1 fully saturated rings. The number of nitrogens with zero attached hydrogens (tertiary/aromatic N) is 1. The molecule has 1 nitrogen and oxygen atoms in total. The van der Waals surface area contributed by atoms with Crippen molar-refractivity contribution >= 4 is 11.6 Å². The quantitative estimate of drug-likeness (QED) is 0.357.